The number of aryl methyl sites for hydroxylation is 1. The molecule has 20 heavy (non-hydrogen) atoms. The van der Waals surface area contributed by atoms with Crippen LogP contribution in [0.5, 0.6) is 0 Å². The second-order valence-corrected chi connectivity index (χ2v) is 5.80. The number of hydrogen-bond acceptors (Lipinski definition) is 5. The number of nitrogens with one attached hydrogen (secondary N) is 1. The van der Waals surface area contributed by atoms with E-state index in [1.807, 2.05) is 6.92 Å². The van der Waals surface area contributed by atoms with Crippen LogP contribution >= 0.6 is 0 Å². The lowest BCUT2D eigenvalue weighted by Crippen LogP contribution is -2.24. The normalized spacial score (nSPS) is 22.8. The van der Waals surface area contributed by atoms with Crippen LogP contribution in [-0.2, 0) is 6.42 Å². The first-order valence-electron chi connectivity index (χ1n) is 7.65. The molecule has 0 saturated heterocycles. The van der Waals surface area contributed by atoms with E-state index < -0.39 is 0 Å². The zero-order valence-corrected chi connectivity index (χ0v) is 12.5. The fraction of sp³-hybridized carbons (Fsp3) is 0.733. The molecule has 1 aliphatic rings. The number of hydrogen-bond donors (Lipinski definition) is 3. The lowest BCUT2D eigenvalue weighted by molar-refractivity contribution is 0.111. The molecule has 1 fully saturated rings. The predicted octanol–water partition coefficient (Wildman–Crippen LogP) is 2.28. The Labute approximate surface area is 121 Å². The van der Waals surface area contributed by atoms with Crippen molar-refractivity contribution in [2.24, 2.45) is 5.92 Å². The van der Waals surface area contributed by atoms with Crippen molar-refractivity contribution in [1.29, 1.82) is 0 Å². The van der Waals surface area contributed by atoms with Gasteiger partial charge in [-0.1, -0.05) is 6.92 Å². The number of nitrogens with two attached hydrogens (primary N) is 1. The molecule has 1 heterocycles. The van der Waals surface area contributed by atoms with E-state index in [1.165, 1.54) is 0 Å². The van der Waals surface area contributed by atoms with Crippen LogP contribution in [0.15, 0.2) is 0 Å². The minimum atomic E-state index is -0.0983. The number of rotatable bonds is 5. The lowest BCUT2D eigenvalue weighted by atomic mass is 9.87. The van der Waals surface area contributed by atoms with E-state index in [-0.39, 0.29) is 6.10 Å². The minimum Gasteiger partial charge on any atom is -0.393 e. The van der Waals surface area contributed by atoms with Crippen LogP contribution in [0.25, 0.3) is 0 Å². The molecule has 0 unspecified atom stereocenters. The Morgan fingerprint density at radius 3 is 2.60 bits per heavy atom. The van der Waals surface area contributed by atoms with Crippen molar-refractivity contribution < 1.29 is 5.11 Å². The molecule has 0 radical (unpaired) electrons. The zero-order valence-electron chi connectivity index (χ0n) is 12.5. The molecule has 0 bridgehead atoms. The Kier molecular flexibility index (Phi) is 5.17. The monoisotopic (exact) mass is 278 g/mol. The predicted molar refractivity (Wildman–Crippen MR) is 81.6 cm³/mol. The largest absolute Gasteiger partial charge is 0.393 e. The third-order valence-corrected chi connectivity index (χ3v) is 4.08. The quantitative estimate of drug-likeness (QED) is 0.769. The molecular formula is C15H26N4O. The summed E-state index contributed by atoms with van der Waals surface area (Å²) in [5.41, 5.74) is 6.89. The maximum Gasteiger partial charge on any atom is 0.134 e. The van der Waals surface area contributed by atoms with Gasteiger partial charge in [0.05, 0.1) is 6.10 Å². The molecule has 1 aromatic heterocycles. The molecular weight excluding hydrogens is 252 g/mol. The van der Waals surface area contributed by atoms with Gasteiger partial charge in [0.1, 0.15) is 17.5 Å². The van der Waals surface area contributed by atoms with Gasteiger partial charge in [0.15, 0.2) is 0 Å². The average molecular weight is 278 g/mol. The summed E-state index contributed by atoms with van der Waals surface area (Å²) in [6.45, 7) is 4.97. The van der Waals surface area contributed by atoms with E-state index in [1.54, 1.807) is 0 Å². The lowest BCUT2D eigenvalue weighted by Gasteiger charge is -2.26. The first-order valence-corrected chi connectivity index (χ1v) is 7.65. The molecule has 0 atom stereocenters. The maximum atomic E-state index is 9.53. The van der Waals surface area contributed by atoms with E-state index in [2.05, 4.69) is 22.2 Å². The van der Waals surface area contributed by atoms with Gasteiger partial charge in [-0.3, -0.25) is 0 Å². The number of nitrogen functional groups attached to an aromatic ring is 1. The second kappa shape index (κ2) is 6.88. The Balaban J connectivity index is 1.97. The third-order valence-electron chi connectivity index (χ3n) is 4.08. The Hall–Kier alpha value is -1.36. The average Bonchev–Trinajstić information content (AvgIpc) is 2.43. The number of aliphatic hydroxyl groups is 1. The number of aromatic nitrogens is 2. The fourth-order valence-electron chi connectivity index (χ4n) is 2.68. The Bertz CT molecular complexity index is 442. The van der Waals surface area contributed by atoms with Gasteiger partial charge in [0.2, 0.25) is 0 Å². The topological polar surface area (TPSA) is 84.1 Å². The highest BCUT2D eigenvalue weighted by Gasteiger charge is 2.19. The summed E-state index contributed by atoms with van der Waals surface area (Å²) in [5, 5.41) is 13.0. The molecule has 5 heteroatoms. The Morgan fingerprint density at radius 2 is 1.95 bits per heavy atom. The van der Waals surface area contributed by atoms with Gasteiger partial charge in [-0.05, 0) is 44.9 Å². The van der Waals surface area contributed by atoms with Gasteiger partial charge >= 0.3 is 0 Å². The van der Waals surface area contributed by atoms with Crippen LogP contribution in [0.4, 0.5) is 11.6 Å². The van der Waals surface area contributed by atoms with Crippen LogP contribution in [-0.4, -0.2) is 27.7 Å². The van der Waals surface area contributed by atoms with Crippen LogP contribution in [0.3, 0.4) is 0 Å². The van der Waals surface area contributed by atoms with Crippen molar-refractivity contribution in [2.75, 3.05) is 17.6 Å². The number of aliphatic hydroxyl groups excluding tert-OH is 1. The molecule has 1 saturated carbocycles. The highest BCUT2D eigenvalue weighted by atomic mass is 16.3. The molecule has 4 N–H and O–H groups in total. The smallest absolute Gasteiger partial charge is 0.134 e. The summed E-state index contributed by atoms with van der Waals surface area (Å²) in [4.78, 5) is 8.89. The first kappa shape index (κ1) is 15.0. The van der Waals surface area contributed by atoms with Gasteiger partial charge in [-0.25, -0.2) is 9.97 Å². The highest BCUT2D eigenvalue weighted by molar-refractivity contribution is 5.54. The molecule has 1 aromatic rings. The van der Waals surface area contributed by atoms with E-state index in [4.69, 9.17) is 5.73 Å². The van der Waals surface area contributed by atoms with Crippen LogP contribution in [0, 0.1) is 12.8 Å². The summed E-state index contributed by atoms with van der Waals surface area (Å²) in [5.74, 6) is 2.87. The summed E-state index contributed by atoms with van der Waals surface area (Å²) < 4.78 is 0. The summed E-state index contributed by atoms with van der Waals surface area (Å²) in [6.07, 6.45) is 5.76. The molecule has 0 spiro atoms. The molecule has 2 rings (SSSR count). The van der Waals surface area contributed by atoms with Crippen molar-refractivity contribution in [3.05, 3.63) is 11.4 Å². The number of anilines is 2. The summed E-state index contributed by atoms with van der Waals surface area (Å²) in [6, 6.07) is 0. The SMILES string of the molecule is CCCc1nc(N)c(C)c(NCC2CCC(O)CC2)n1. The molecule has 5 nitrogen and oxygen atoms in total. The number of nitrogens with zero attached hydrogens (tertiary/aromatic N) is 2. The summed E-state index contributed by atoms with van der Waals surface area (Å²) >= 11 is 0. The van der Waals surface area contributed by atoms with Crippen molar-refractivity contribution in [3.63, 3.8) is 0 Å². The van der Waals surface area contributed by atoms with E-state index in [0.717, 1.165) is 62.3 Å². The van der Waals surface area contributed by atoms with Gasteiger partial charge < -0.3 is 16.2 Å². The van der Waals surface area contributed by atoms with E-state index in [0.29, 0.717) is 11.7 Å². The van der Waals surface area contributed by atoms with E-state index in [9.17, 15) is 5.11 Å². The third kappa shape index (κ3) is 3.82. The molecule has 1 aliphatic carbocycles. The van der Waals surface area contributed by atoms with Crippen LogP contribution in [0.1, 0.15) is 50.4 Å². The van der Waals surface area contributed by atoms with Crippen LogP contribution < -0.4 is 11.1 Å². The van der Waals surface area contributed by atoms with Crippen molar-refractivity contribution in [3.8, 4) is 0 Å². The van der Waals surface area contributed by atoms with Gasteiger partial charge in [-0.2, -0.15) is 0 Å². The zero-order chi connectivity index (χ0) is 14.5. The molecule has 0 aromatic carbocycles. The summed E-state index contributed by atoms with van der Waals surface area (Å²) in [7, 11) is 0. The fourth-order valence-corrected chi connectivity index (χ4v) is 2.68. The molecule has 0 amide bonds. The highest BCUT2D eigenvalue weighted by Crippen LogP contribution is 2.25. The maximum absolute atomic E-state index is 9.53. The van der Waals surface area contributed by atoms with Crippen LogP contribution in [0.2, 0.25) is 0 Å². The Morgan fingerprint density at radius 1 is 1.25 bits per heavy atom. The second-order valence-electron chi connectivity index (χ2n) is 5.80. The van der Waals surface area contributed by atoms with Crippen molar-refractivity contribution >= 4 is 11.6 Å². The van der Waals surface area contributed by atoms with Crippen molar-refractivity contribution in [1.82, 2.24) is 9.97 Å². The van der Waals surface area contributed by atoms with Gasteiger partial charge in [0.25, 0.3) is 0 Å². The first-order chi connectivity index (χ1) is 9.60. The van der Waals surface area contributed by atoms with Crippen molar-refractivity contribution in [2.45, 2.75) is 58.5 Å². The van der Waals surface area contributed by atoms with E-state index >= 15 is 0 Å². The molecule has 0 aliphatic heterocycles. The standard InChI is InChI=1S/C15H26N4O/c1-3-4-13-18-14(16)10(2)15(19-13)17-9-11-5-7-12(20)8-6-11/h11-12,20H,3-9H2,1-2H3,(H3,16,17,18,19). The minimum absolute atomic E-state index is 0.0983. The molecule has 112 valence electrons. The van der Waals surface area contributed by atoms with Gasteiger partial charge in [0, 0.05) is 18.5 Å². The van der Waals surface area contributed by atoms with Gasteiger partial charge in [-0.15, -0.1) is 0 Å².